The van der Waals surface area contributed by atoms with Crippen LogP contribution in [0.3, 0.4) is 0 Å². The van der Waals surface area contributed by atoms with Gasteiger partial charge in [-0.15, -0.1) is 0 Å². The highest BCUT2D eigenvalue weighted by Crippen LogP contribution is 2.37. The smallest absolute Gasteiger partial charge is 0.399 e. The van der Waals surface area contributed by atoms with Gasteiger partial charge in [0.25, 0.3) is 0 Å². The zero-order valence-corrected chi connectivity index (χ0v) is 13.8. The van der Waals surface area contributed by atoms with Gasteiger partial charge in [-0.25, -0.2) is 4.39 Å². The molecular formula is C14H21BFO3P. The summed E-state index contributed by atoms with van der Waals surface area (Å²) in [6.45, 7) is 10.9. The molecule has 2 rings (SSSR count). The minimum Gasteiger partial charge on any atom is -0.399 e. The lowest BCUT2D eigenvalue weighted by Gasteiger charge is -2.32. The average molecular weight is 298 g/mol. The zero-order valence-electron chi connectivity index (χ0n) is 12.9. The molecule has 0 bridgehead atoms. The van der Waals surface area contributed by atoms with Crippen LogP contribution in [0.1, 0.15) is 27.7 Å². The van der Waals surface area contributed by atoms with Crippen LogP contribution in [0.2, 0.25) is 0 Å². The first kappa shape index (κ1) is 15.7. The molecular weight excluding hydrogens is 277 g/mol. The summed E-state index contributed by atoms with van der Waals surface area (Å²) in [4.78, 5) is 0. The van der Waals surface area contributed by atoms with E-state index in [1.54, 1.807) is 25.5 Å². The highest BCUT2D eigenvalue weighted by Gasteiger charge is 2.52. The van der Waals surface area contributed by atoms with Crippen molar-refractivity contribution in [3.8, 4) is 0 Å². The Morgan fingerprint density at radius 3 is 2.00 bits per heavy atom. The minimum absolute atomic E-state index is 0.348. The maximum Gasteiger partial charge on any atom is 0.497 e. The van der Waals surface area contributed by atoms with Gasteiger partial charge in [0.05, 0.1) is 11.2 Å². The van der Waals surface area contributed by atoms with Crippen molar-refractivity contribution in [2.24, 2.45) is 0 Å². The van der Waals surface area contributed by atoms with Crippen molar-refractivity contribution < 1.29 is 18.3 Å². The molecule has 0 aromatic heterocycles. The van der Waals surface area contributed by atoms with Crippen molar-refractivity contribution in [2.75, 3.05) is 13.3 Å². The van der Waals surface area contributed by atoms with Crippen molar-refractivity contribution in [1.82, 2.24) is 0 Å². The fourth-order valence-electron chi connectivity index (χ4n) is 2.01. The van der Waals surface area contributed by atoms with Crippen LogP contribution in [0.15, 0.2) is 18.2 Å². The molecule has 1 saturated heterocycles. The maximum atomic E-state index is 14.3. The first-order valence-corrected chi connectivity index (χ1v) is 9.25. The molecule has 0 aliphatic carbocycles. The van der Waals surface area contributed by atoms with Crippen molar-refractivity contribution in [3.63, 3.8) is 0 Å². The highest BCUT2D eigenvalue weighted by molar-refractivity contribution is 7.70. The van der Waals surface area contributed by atoms with E-state index in [0.29, 0.717) is 10.8 Å². The van der Waals surface area contributed by atoms with Crippen LogP contribution in [0.4, 0.5) is 4.39 Å². The largest absolute Gasteiger partial charge is 0.497 e. The second-order valence-corrected chi connectivity index (χ2v) is 9.86. The molecule has 6 heteroatoms. The summed E-state index contributed by atoms with van der Waals surface area (Å²) in [6.07, 6.45) is 0. The van der Waals surface area contributed by atoms with E-state index in [4.69, 9.17) is 9.31 Å². The van der Waals surface area contributed by atoms with Gasteiger partial charge in [0, 0.05) is 10.8 Å². The van der Waals surface area contributed by atoms with E-state index in [2.05, 4.69) is 0 Å². The van der Waals surface area contributed by atoms with Crippen molar-refractivity contribution in [3.05, 3.63) is 24.0 Å². The summed E-state index contributed by atoms with van der Waals surface area (Å²) < 4.78 is 37.9. The Hall–Kier alpha value is -0.635. The van der Waals surface area contributed by atoms with Crippen molar-refractivity contribution in [2.45, 2.75) is 38.9 Å². The molecule has 1 aliphatic rings. The van der Waals surface area contributed by atoms with Gasteiger partial charge in [0.2, 0.25) is 0 Å². The quantitative estimate of drug-likeness (QED) is 0.621. The van der Waals surface area contributed by atoms with Gasteiger partial charge in [-0.1, -0.05) is 12.1 Å². The maximum absolute atomic E-state index is 14.3. The third-order valence-electron chi connectivity index (χ3n) is 4.11. The third-order valence-corrected chi connectivity index (χ3v) is 5.63. The van der Waals surface area contributed by atoms with Gasteiger partial charge in [-0.2, -0.15) is 0 Å². The van der Waals surface area contributed by atoms with Crippen LogP contribution < -0.4 is 10.8 Å². The second kappa shape index (κ2) is 4.69. The third kappa shape index (κ3) is 2.72. The Labute approximate surface area is 120 Å². The molecule has 0 spiro atoms. The minimum atomic E-state index is -2.47. The summed E-state index contributed by atoms with van der Waals surface area (Å²) in [6, 6.07) is 4.61. The van der Waals surface area contributed by atoms with E-state index in [0.717, 1.165) is 0 Å². The van der Waals surface area contributed by atoms with Crippen LogP contribution >= 0.6 is 7.14 Å². The van der Waals surface area contributed by atoms with Gasteiger partial charge in [-0.3, -0.25) is 0 Å². The summed E-state index contributed by atoms with van der Waals surface area (Å²) in [5.74, 6) is -0.440. The van der Waals surface area contributed by atoms with E-state index in [-0.39, 0.29) is 0 Å². The Bertz CT molecular complexity index is 564. The molecule has 0 amide bonds. The van der Waals surface area contributed by atoms with Crippen LogP contribution in [-0.2, 0) is 13.9 Å². The Balaban J connectivity index is 2.35. The monoisotopic (exact) mass is 298 g/mol. The number of rotatable bonds is 2. The first-order chi connectivity index (χ1) is 8.94. The van der Waals surface area contributed by atoms with Gasteiger partial charge in [0.15, 0.2) is 0 Å². The zero-order chi connectivity index (χ0) is 15.3. The second-order valence-electron chi connectivity index (χ2n) is 6.64. The molecule has 0 unspecified atom stereocenters. The summed E-state index contributed by atoms with van der Waals surface area (Å²) >= 11 is 0. The Kier molecular flexibility index (Phi) is 3.69. The molecule has 1 heterocycles. The summed E-state index contributed by atoms with van der Waals surface area (Å²) in [5.41, 5.74) is -0.665. The van der Waals surface area contributed by atoms with Gasteiger partial charge >= 0.3 is 7.12 Å². The Morgan fingerprint density at radius 1 is 1.10 bits per heavy atom. The molecule has 1 aliphatic heterocycles. The Morgan fingerprint density at radius 2 is 1.60 bits per heavy atom. The van der Waals surface area contributed by atoms with Crippen molar-refractivity contribution in [1.29, 1.82) is 0 Å². The predicted molar refractivity (Wildman–Crippen MR) is 81.2 cm³/mol. The number of hydrogen-bond acceptors (Lipinski definition) is 3. The lowest BCUT2D eigenvalue weighted by molar-refractivity contribution is 0.00578. The van der Waals surface area contributed by atoms with Crippen molar-refractivity contribution >= 4 is 25.0 Å². The molecule has 0 atom stereocenters. The van der Waals surface area contributed by atoms with Gasteiger partial charge in [0.1, 0.15) is 13.0 Å². The fourth-order valence-corrected chi connectivity index (χ4v) is 2.87. The topological polar surface area (TPSA) is 35.5 Å². The van der Waals surface area contributed by atoms with E-state index in [9.17, 15) is 8.96 Å². The molecule has 0 N–H and O–H groups in total. The lowest BCUT2D eigenvalue weighted by Crippen LogP contribution is -2.41. The molecule has 1 aromatic rings. The molecule has 0 saturated carbocycles. The average Bonchev–Trinajstić information content (AvgIpc) is 2.46. The van der Waals surface area contributed by atoms with Crippen LogP contribution in [0.5, 0.6) is 0 Å². The number of halogens is 1. The molecule has 1 aromatic carbocycles. The number of hydrogen-bond donors (Lipinski definition) is 0. The lowest BCUT2D eigenvalue weighted by atomic mass is 9.79. The highest BCUT2D eigenvalue weighted by atomic mass is 31.2. The fraction of sp³-hybridized carbons (Fsp3) is 0.571. The number of benzene rings is 1. The SMILES string of the molecule is CC1(C)OB(c2ccc(P(C)(C)=O)cc2F)OC1(C)C. The molecule has 1 fully saturated rings. The normalized spacial score (nSPS) is 21.2. The molecule has 3 nitrogen and oxygen atoms in total. The summed E-state index contributed by atoms with van der Waals surface area (Å²) in [7, 11) is -3.20. The van der Waals surface area contributed by atoms with Gasteiger partial charge < -0.3 is 13.9 Å². The molecule has 110 valence electrons. The summed E-state index contributed by atoms with van der Waals surface area (Å²) in [5, 5.41) is 0.523. The predicted octanol–water partition coefficient (Wildman–Crippen LogP) is 2.37. The van der Waals surface area contributed by atoms with E-state index in [1.165, 1.54) is 6.07 Å². The molecule has 20 heavy (non-hydrogen) atoms. The molecule has 0 radical (unpaired) electrons. The van der Waals surface area contributed by atoms with E-state index < -0.39 is 31.3 Å². The van der Waals surface area contributed by atoms with Crippen LogP contribution in [0, 0.1) is 5.82 Å². The standard InChI is InChI=1S/C14H21BFO3P/c1-13(2)14(3,4)19-15(18-13)11-8-7-10(9-12(11)16)20(5,6)17/h7-9H,1-6H3. The first-order valence-electron chi connectivity index (χ1n) is 6.65. The van der Waals surface area contributed by atoms with E-state index in [1.807, 2.05) is 27.7 Å². The van der Waals surface area contributed by atoms with Crippen LogP contribution in [0.25, 0.3) is 0 Å². The van der Waals surface area contributed by atoms with Crippen LogP contribution in [-0.4, -0.2) is 31.7 Å². The van der Waals surface area contributed by atoms with E-state index >= 15 is 0 Å². The van der Waals surface area contributed by atoms with Gasteiger partial charge in [-0.05, 0) is 47.1 Å².